The zero-order valence-electron chi connectivity index (χ0n) is 10.8. The standard InChI is InChI=1S/C14H16F2N2O/c1-9(2)18-8-10(7-17-18)14(19)6-11-12(15)4-3-5-13(11)16/h3-5,7-9,14,19H,6H2,1-2H3. The minimum Gasteiger partial charge on any atom is -0.388 e. The van der Waals surface area contributed by atoms with Crippen molar-refractivity contribution in [2.75, 3.05) is 0 Å². The van der Waals surface area contributed by atoms with Gasteiger partial charge in [0.25, 0.3) is 0 Å². The monoisotopic (exact) mass is 266 g/mol. The molecule has 0 saturated carbocycles. The second-order valence-electron chi connectivity index (χ2n) is 4.77. The summed E-state index contributed by atoms with van der Waals surface area (Å²) in [5.74, 6) is -1.29. The number of halogens is 2. The number of aliphatic hydroxyl groups excluding tert-OH is 1. The van der Waals surface area contributed by atoms with Gasteiger partial charge in [-0.15, -0.1) is 0 Å². The summed E-state index contributed by atoms with van der Waals surface area (Å²) in [6.07, 6.45) is 2.12. The molecule has 1 atom stereocenters. The van der Waals surface area contributed by atoms with E-state index in [2.05, 4.69) is 5.10 Å². The van der Waals surface area contributed by atoms with E-state index in [4.69, 9.17) is 0 Å². The first kappa shape index (κ1) is 13.7. The highest BCUT2D eigenvalue weighted by Gasteiger charge is 2.17. The summed E-state index contributed by atoms with van der Waals surface area (Å²) in [5, 5.41) is 14.1. The topological polar surface area (TPSA) is 38.0 Å². The van der Waals surface area contributed by atoms with Gasteiger partial charge >= 0.3 is 0 Å². The number of hydrogen-bond donors (Lipinski definition) is 1. The van der Waals surface area contributed by atoms with E-state index in [1.54, 1.807) is 10.9 Å². The van der Waals surface area contributed by atoms with Crippen LogP contribution >= 0.6 is 0 Å². The van der Waals surface area contributed by atoms with E-state index < -0.39 is 17.7 Å². The van der Waals surface area contributed by atoms with Gasteiger partial charge in [0.2, 0.25) is 0 Å². The summed E-state index contributed by atoms with van der Waals surface area (Å²) in [4.78, 5) is 0. The van der Waals surface area contributed by atoms with Crippen molar-refractivity contribution >= 4 is 0 Å². The molecule has 0 aliphatic rings. The van der Waals surface area contributed by atoms with E-state index in [-0.39, 0.29) is 18.0 Å². The Labute approximate surface area is 110 Å². The average Bonchev–Trinajstić information content (AvgIpc) is 2.83. The molecule has 2 aromatic rings. The molecule has 0 saturated heterocycles. The highest BCUT2D eigenvalue weighted by Crippen LogP contribution is 2.22. The lowest BCUT2D eigenvalue weighted by molar-refractivity contribution is 0.175. The smallest absolute Gasteiger partial charge is 0.129 e. The third-order valence-corrected chi connectivity index (χ3v) is 2.99. The molecule has 2 rings (SSSR count). The highest BCUT2D eigenvalue weighted by atomic mass is 19.1. The van der Waals surface area contributed by atoms with Crippen molar-refractivity contribution in [1.29, 1.82) is 0 Å². The van der Waals surface area contributed by atoms with Crippen LogP contribution in [0.5, 0.6) is 0 Å². The van der Waals surface area contributed by atoms with Crippen molar-refractivity contribution in [3.63, 3.8) is 0 Å². The molecule has 0 bridgehead atoms. The van der Waals surface area contributed by atoms with E-state index in [1.165, 1.54) is 24.4 Å². The van der Waals surface area contributed by atoms with Crippen molar-refractivity contribution in [2.24, 2.45) is 0 Å². The van der Waals surface area contributed by atoms with Crippen LogP contribution in [-0.2, 0) is 6.42 Å². The summed E-state index contributed by atoms with van der Waals surface area (Å²) in [6.45, 7) is 3.92. The van der Waals surface area contributed by atoms with Crippen LogP contribution in [0.15, 0.2) is 30.6 Å². The van der Waals surface area contributed by atoms with Gasteiger partial charge < -0.3 is 5.11 Å². The Morgan fingerprint density at radius 1 is 1.26 bits per heavy atom. The van der Waals surface area contributed by atoms with E-state index in [0.717, 1.165) is 0 Å². The Bertz CT molecular complexity index is 546. The lowest BCUT2D eigenvalue weighted by Gasteiger charge is -2.10. The molecule has 1 heterocycles. The summed E-state index contributed by atoms with van der Waals surface area (Å²) >= 11 is 0. The summed E-state index contributed by atoms with van der Waals surface area (Å²) in [5.41, 5.74) is 0.448. The summed E-state index contributed by atoms with van der Waals surface area (Å²) in [7, 11) is 0. The van der Waals surface area contributed by atoms with Crippen LogP contribution in [0.25, 0.3) is 0 Å². The van der Waals surface area contributed by atoms with Gasteiger partial charge in [-0.3, -0.25) is 4.68 Å². The van der Waals surface area contributed by atoms with Gasteiger partial charge in [-0.05, 0) is 26.0 Å². The number of nitrogens with zero attached hydrogens (tertiary/aromatic N) is 2. The fourth-order valence-corrected chi connectivity index (χ4v) is 1.85. The first-order valence-electron chi connectivity index (χ1n) is 6.14. The lowest BCUT2D eigenvalue weighted by Crippen LogP contribution is -2.05. The second kappa shape index (κ2) is 5.48. The third-order valence-electron chi connectivity index (χ3n) is 2.99. The van der Waals surface area contributed by atoms with Gasteiger partial charge in [0, 0.05) is 29.8 Å². The molecule has 1 aromatic carbocycles. The number of aromatic nitrogens is 2. The highest BCUT2D eigenvalue weighted by molar-refractivity contribution is 5.22. The largest absolute Gasteiger partial charge is 0.388 e. The molecule has 5 heteroatoms. The van der Waals surface area contributed by atoms with Gasteiger partial charge in [-0.1, -0.05) is 6.07 Å². The molecule has 0 fully saturated rings. The molecule has 3 nitrogen and oxygen atoms in total. The maximum Gasteiger partial charge on any atom is 0.129 e. The maximum atomic E-state index is 13.5. The summed E-state index contributed by atoms with van der Waals surface area (Å²) in [6, 6.07) is 3.84. The van der Waals surface area contributed by atoms with Crippen molar-refractivity contribution in [3.8, 4) is 0 Å². The SMILES string of the molecule is CC(C)n1cc(C(O)Cc2c(F)cccc2F)cn1. The van der Waals surface area contributed by atoms with Crippen LogP contribution in [0.4, 0.5) is 8.78 Å². The van der Waals surface area contributed by atoms with Gasteiger partial charge in [-0.25, -0.2) is 8.78 Å². The quantitative estimate of drug-likeness (QED) is 0.923. The number of rotatable bonds is 4. The Morgan fingerprint density at radius 2 is 1.89 bits per heavy atom. The number of benzene rings is 1. The Balaban J connectivity index is 2.18. The normalized spacial score (nSPS) is 12.9. The predicted molar refractivity (Wildman–Crippen MR) is 67.6 cm³/mol. The molecule has 0 spiro atoms. The van der Waals surface area contributed by atoms with E-state index in [1.807, 2.05) is 13.8 Å². The molecule has 102 valence electrons. The van der Waals surface area contributed by atoms with Crippen molar-refractivity contribution in [1.82, 2.24) is 9.78 Å². The Kier molecular flexibility index (Phi) is 3.95. The molecule has 0 radical (unpaired) electrons. The van der Waals surface area contributed by atoms with Crippen LogP contribution in [-0.4, -0.2) is 14.9 Å². The van der Waals surface area contributed by atoms with Crippen molar-refractivity contribution < 1.29 is 13.9 Å². The minimum atomic E-state index is -0.973. The van der Waals surface area contributed by atoms with E-state index in [9.17, 15) is 13.9 Å². The molecule has 1 aromatic heterocycles. The second-order valence-corrected chi connectivity index (χ2v) is 4.77. The van der Waals surface area contributed by atoms with Gasteiger partial charge in [0.1, 0.15) is 11.6 Å². The van der Waals surface area contributed by atoms with Crippen LogP contribution in [0.1, 0.15) is 37.1 Å². The maximum absolute atomic E-state index is 13.5. The van der Waals surface area contributed by atoms with Crippen LogP contribution in [0, 0.1) is 11.6 Å². The Hall–Kier alpha value is -1.75. The first-order chi connectivity index (χ1) is 8.99. The van der Waals surface area contributed by atoms with E-state index >= 15 is 0 Å². The minimum absolute atomic E-state index is 0.104. The molecule has 0 aliphatic carbocycles. The molecule has 19 heavy (non-hydrogen) atoms. The average molecular weight is 266 g/mol. The zero-order chi connectivity index (χ0) is 14.0. The van der Waals surface area contributed by atoms with Gasteiger partial charge in [0.15, 0.2) is 0 Å². The van der Waals surface area contributed by atoms with Crippen LogP contribution in [0.2, 0.25) is 0 Å². The van der Waals surface area contributed by atoms with Gasteiger partial charge in [-0.2, -0.15) is 5.10 Å². The van der Waals surface area contributed by atoms with Crippen molar-refractivity contribution in [2.45, 2.75) is 32.4 Å². The van der Waals surface area contributed by atoms with Crippen molar-refractivity contribution in [3.05, 3.63) is 53.4 Å². The molecular weight excluding hydrogens is 250 g/mol. The predicted octanol–water partition coefficient (Wildman–Crippen LogP) is 3.02. The zero-order valence-corrected chi connectivity index (χ0v) is 10.8. The number of hydrogen-bond acceptors (Lipinski definition) is 2. The molecule has 0 amide bonds. The molecule has 1 N–H and O–H groups in total. The first-order valence-corrected chi connectivity index (χ1v) is 6.14. The fourth-order valence-electron chi connectivity index (χ4n) is 1.85. The molecule has 1 unspecified atom stereocenters. The van der Waals surface area contributed by atoms with Crippen LogP contribution in [0.3, 0.4) is 0 Å². The molecular formula is C14H16F2N2O. The molecule has 0 aliphatic heterocycles. The third kappa shape index (κ3) is 2.98. The lowest BCUT2D eigenvalue weighted by atomic mass is 10.0. The summed E-state index contributed by atoms with van der Waals surface area (Å²) < 4.78 is 28.7. The van der Waals surface area contributed by atoms with Gasteiger partial charge in [0.05, 0.1) is 12.3 Å². The Morgan fingerprint density at radius 3 is 2.42 bits per heavy atom. The van der Waals surface area contributed by atoms with E-state index in [0.29, 0.717) is 5.56 Å². The number of aliphatic hydroxyl groups is 1. The van der Waals surface area contributed by atoms with Crippen LogP contribution < -0.4 is 0 Å². The fraction of sp³-hybridized carbons (Fsp3) is 0.357.